The maximum Gasteiger partial charge on any atom is 0.245 e. The maximum atomic E-state index is 12.9. The Morgan fingerprint density at radius 3 is 2.39 bits per heavy atom. The zero-order valence-corrected chi connectivity index (χ0v) is 22.5. The number of likely N-dealkylation sites (tertiary alicyclic amines) is 1. The lowest BCUT2D eigenvalue weighted by molar-refractivity contribution is -0.146. The van der Waals surface area contributed by atoms with Crippen LogP contribution < -0.4 is 4.90 Å². The molecule has 3 fully saturated rings. The summed E-state index contributed by atoms with van der Waals surface area (Å²) in [5.74, 6) is 0.835. The smallest absolute Gasteiger partial charge is 0.245 e. The highest BCUT2D eigenvalue weighted by molar-refractivity contribution is 5.88. The van der Waals surface area contributed by atoms with Gasteiger partial charge in [-0.25, -0.2) is 0 Å². The topological polar surface area (TPSA) is 56.3 Å². The second-order valence-corrected chi connectivity index (χ2v) is 10.9. The quantitative estimate of drug-likeness (QED) is 0.460. The summed E-state index contributed by atoms with van der Waals surface area (Å²) in [5.41, 5.74) is 2.86. The molecule has 0 N–H and O–H groups in total. The SMILES string of the molecule is CC(C)c1ccccc1N1CCN(CCCCCCC(=O)N2CCC[C@H]2C(=O)N2CCOCC2)CC1. The number of hydrogen-bond acceptors (Lipinski definition) is 5. The summed E-state index contributed by atoms with van der Waals surface area (Å²) in [6.07, 6.45) is 6.68. The number of benzene rings is 1. The molecule has 1 atom stereocenters. The third-order valence-electron chi connectivity index (χ3n) is 8.07. The van der Waals surface area contributed by atoms with E-state index in [0.717, 1.165) is 65.0 Å². The largest absolute Gasteiger partial charge is 0.378 e. The summed E-state index contributed by atoms with van der Waals surface area (Å²) in [7, 11) is 0. The number of amides is 2. The highest BCUT2D eigenvalue weighted by Gasteiger charge is 2.36. The maximum absolute atomic E-state index is 12.9. The molecule has 7 heteroatoms. The highest BCUT2D eigenvalue weighted by atomic mass is 16.5. The highest BCUT2D eigenvalue weighted by Crippen LogP contribution is 2.28. The van der Waals surface area contributed by atoms with E-state index < -0.39 is 0 Å². The minimum absolute atomic E-state index is 0.122. The molecule has 4 rings (SSSR count). The third kappa shape index (κ3) is 7.00. The van der Waals surface area contributed by atoms with Gasteiger partial charge in [-0.15, -0.1) is 0 Å². The molecule has 0 aliphatic carbocycles. The zero-order chi connectivity index (χ0) is 25.3. The van der Waals surface area contributed by atoms with Gasteiger partial charge >= 0.3 is 0 Å². The third-order valence-corrected chi connectivity index (χ3v) is 8.07. The molecular formula is C29H46N4O3. The van der Waals surface area contributed by atoms with Gasteiger partial charge in [0.2, 0.25) is 11.8 Å². The molecule has 1 aromatic carbocycles. The Bertz CT molecular complexity index is 847. The van der Waals surface area contributed by atoms with Crippen molar-refractivity contribution in [1.82, 2.24) is 14.7 Å². The van der Waals surface area contributed by atoms with Crippen molar-refractivity contribution in [3.05, 3.63) is 29.8 Å². The fourth-order valence-electron chi connectivity index (χ4n) is 5.90. The van der Waals surface area contributed by atoms with Crippen LogP contribution in [0.4, 0.5) is 5.69 Å². The van der Waals surface area contributed by atoms with Gasteiger partial charge in [-0.3, -0.25) is 14.5 Å². The van der Waals surface area contributed by atoms with Gasteiger partial charge in [0.15, 0.2) is 0 Å². The second kappa shape index (κ2) is 13.4. The minimum atomic E-state index is -0.248. The zero-order valence-electron chi connectivity index (χ0n) is 22.5. The van der Waals surface area contributed by atoms with Crippen LogP contribution in [0.3, 0.4) is 0 Å². The van der Waals surface area contributed by atoms with Crippen molar-refractivity contribution in [3.8, 4) is 0 Å². The number of para-hydroxylation sites is 1. The molecule has 3 aliphatic heterocycles. The Balaban J connectivity index is 1.10. The van der Waals surface area contributed by atoms with Crippen LogP contribution in [0.25, 0.3) is 0 Å². The summed E-state index contributed by atoms with van der Waals surface area (Å²) in [4.78, 5) is 34.6. The van der Waals surface area contributed by atoms with Crippen LogP contribution >= 0.6 is 0 Å². The fraction of sp³-hybridized carbons (Fsp3) is 0.724. The number of morpholine rings is 1. The molecule has 2 amide bonds. The molecule has 1 aromatic rings. The van der Waals surface area contributed by atoms with Crippen LogP contribution in [0.2, 0.25) is 0 Å². The summed E-state index contributed by atoms with van der Waals surface area (Å²) in [6, 6.07) is 8.60. The Labute approximate surface area is 217 Å². The van der Waals surface area contributed by atoms with E-state index in [4.69, 9.17) is 4.74 Å². The molecule has 0 unspecified atom stereocenters. The van der Waals surface area contributed by atoms with E-state index in [1.807, 2.05) is 9.80 Å². The van der Waals surface area contributed by atoms with Crippen LogP contribution in [0.1, 0.15) is 70.3 Å². The molecule has 0 spiro atoms. The summed E-state index contributed by atoms with van der Waals surface area (Å²) in [5, 5.41) is 0. The van der Waals surface area contributed by atoms with Gasteiger partial charge in [0.1, 0.15) is 6.04 Å². The first-order valence-electron chi connectivity index (χ1n) is 14.3. The lowest BCUT2D eigenvalue weighted by atomic mass is 10.00. The molecular weight excluding hydrogens is 452 g/mol. The lowest BCUT2D eigenvalue weighted by Gasteiger charge is -2.37. The van der Waals surface area contributed by atoms with Crippen LogP contribution in [0.15, 0.2) is 24.3 Å². The van der Waals surface area contributed by atoms with Gasteiger partial charge in [0, 0.05) is 57.9 Å². The number of nitrogens with zero attached hydrogens (tertiary/aromatic N) is 4. The average molecular weight is 499 g/mol. The number of carbonyl (C=O) groups excluding carboxylic acids is 2. The molecule has 200 valence electrons. The number of ether oxygens (including phenoxy) is 1. The summed E-state index contributed by atoms with van der Waals surface area (Å²) >= 11 is 0. The van der Waals surface area contributed by atoms with Gasteiger partial charge in [0.25, 0.3) is 0 Å². The Morgan fingerprint density at radius 1 is 0.917 bits per heavy atom. The molecule has 0 aromatic heterocycles. The van der Waals surface area contributed by atoms with Crippen molar-refractivity contribution < 1.29 is 14.3 Å². The van der Waals surface area contributed by atoms with E-state index in [1.165, 1.54) is 24.1 Å². The second-order valence-electron chi connectivity index (χ2n) is 10.9. The molecule has 7 nitrogen and oxygen atoms in total. The number of hydrogen-bond donors (Lipinski definition) is 0. The van der Waals surface area contributed by atoms with Crippen LogP contribution in [0, 0.1) is 0 Å². The predicted octanol–water partition coefficient (Wildman–Crippen LogP) is 3.73. The first kappa shape index (κ1) is 26.9. The van der Waals surface area contributed by atoms with Gasteiger partial charge < -0.3 is 19.4 Å². The van der Waals surface area contributed by atoms with E-state index in [1.54, 1.807) is 0 Å². The summed E-state index contributed by atoms with van der Waals surface area (Å²) in [6.45, 7) is 13.4. The molecule has 0 radical (unpaired) electrons. The molecule has 0 saturated carbocycles. The van der Waals surface area contributed by atoms with Crippen molar-refractivity contribution in [3.63, 3.8) is 0 Å². The Hall–Kier alpha value is -2.12. The predicted molar refractivity (Wildman–Crippen MR) is 144 cm³/mol. The standard InChI is InChI=1S/C29H46N4O3/c1-24(2)25-10-6-7-11-26(25)31-18-16-30(17-19-31)14-8-4-3-5-13-28(34)33-15-9-12-27(33)29(35)32-20-22-36-23-21-32/h6-7,10-11,24,27H,3-5,8-9,12-23H2,1-2H3/t27-/m0/s1. The van der Waals surface area contributed by atoms with E-state index in [2.05, 4.69) is 47.9 Å². The number of carbonyl (C=O) groups is 2. The van der Waals surface area contributed by atoms with E-state index in [0.29, 0.717) is 38.6 Å². The van der Waals surface area contributed by atoms with Gasteiger partial charge in [-0.1, -0.05) is 44.9 Å². The number of unbranched alkanes of at least 4 members (excludes halogenated alkanes) is 3. The van der Waals surface area contributed by atoms with Crippen LogP contribution in [-0.4, -0.2) is 98.1 Å². The number of anilines is 1. The van der Waals surface area contributed by atoms with Gasteiger partial charge in [0.05, 0.1) is 13.2 Å². The van der Waals surface area contributed by atoms with Crippen molar-refractivity contribution in [1.29, 1.82) is 0 Å². The monoisotopic (exact) mass is 498 g/mol. The molecule has 36 heavy (non-hydrogen) atoms. The van der Waals surface area contributed by atoms with E-state index >= 15 is 0 Å². The Morgan fingerprint density at radius 2 is 1.64 bits per heavy atom. The normalized spacial score (nSPS) is 21.4. The molecule has 3 saturated heterocycles. The van der Waals surface area contributed by atoms with Gasteiger partial charge in [-0.05, 0) is 49.8 Å². The molecule has 3 aliphatic rings. The number of piperazine rings is 1. The summed E-state index contributed by atoms with van der Waals surface area (Å²) < 4.78 is 5.37. The van der Waals surface area contributed by atoms with Crippen molar-refractivity contribution >= 4 is 17.5 Å². The molecule has 3 heterocycles. The lowest BCUT2D eigenvalue weighted by Crippen LogP contribution is -2.51. The Kier molecular flexibility index (Phi) is 10.0. The van der Waals surface area contributed by atoms with E-state index in [-0.39, 0.29) is 17.9 Å². The van der Waals surface area contributed by atoms with Crippen molar-refractivity contribution in [2.75, 3.05) is 70.5 Å². The first-order chi connectivity index (χ1) is 17.5. The first-order valence-corrected chi connectivity index (χ1v) is 14.3. The van der Waals surface area contributed by atoms with Crippen LogP contribution in [0.5, 0.6) is 0 Å². The number of rotatable bonds is 10. The van der Waals surface area contributed by atoms with E-state index in [9.17, 15) is 9.59 Å². The van der Waals surface area contributed by atoms with Crippen molar-refractivity contribution in [2.45, 2.75) is 70.8 Å². The molecule has 0 bridgehead atoms. The van der Waals surface area contributed by atoms with Gasteiger partial charge in [-0.2, -0.15) is 0 Å². The average Bonchev–Trinajstić information content (AvgIpc) is 3.41. The minimum Gasteiger partial charge on any atom is -0.378 e. The van der Waals surface area contributed by atoms with Crippen molar-refractivity contribution in [2.24, 2.45) is 0 Å². The fourth-order valence-corrected chi connectivity index (χ4v) is 5.90. The van der Waals surface area contributed by atoms with Crippen LogP contribution in [-0.2, 0) is 14.3 Å².